The molecule has 0 aliphatic carbocycles. The number of hydrogen-bond acceptors (Lipinski definition) is 4. The molecule has 6 nitrogen and oxygen atoms in total. The summed E-state index contributed by atoms with van der Waals surface area (Å²) in [5.41, 5.74) is -2.57. The third kappa shape index (κ3) is 2.40. The molecule has 1 unspecified atom stereocenters. The largest absolute Gasteiger partial charge is 0.420 e. The molecule has 1 aliphatic heterocycles. The fourth-order valence-corrected chi connectivity index (χ4v) is 1.85. The second-order valence-electron chi connectivity index (χ2n) is 4.61. The van der Waals surface area contributed by atoms with Crippen LogP contribution in [0.4, 0.5) is 18.0 Å². The monoisotopic (exact) mass is 298 g/mol. The summed E-state index contributed by atoms with van der Waals surface area (Å²) in [5.74, 6) is -1.38. The van der Waals surface area contributed by atoms with Crippen molar-refractivity contribution < 1.29 is 22.8 Å². The van der Waals surface area contributed by atoms with Crippen LogP contribution in [0, 0.1) is 11.3 Å². The lowest BCUT2D eigenvalue weighted by molar-refractivity contribution is -0.191. The highest BCUT2D eigenvalue weighted by Crippen LogP contribution is 2.35. The van der Waals surface area contributed by atoms with Gasteiger partial charge in [0.1, 0.15) is 11.8 Å². The van der Waals surface area contributed by atoms with Crippen molar-refractivity contribution in [3.8, 4) is 6.07 Å². The van der Waals surface area contributed by atoms with Crippen molar-refractivity contribution >= 4 is 11.9 Å². The van der Waals surface area contributed by atoms with E-state index >= 15 is 0 Å². The van der Waals surface area contributed by atoms with Crippen molar-refractivity contribution in [2.45, 2.75) is 25.2 Å². The summed E-state index contributed by atoms with van der Waals surface area (Å²) in [4.78, 5) is 27.7. The zero-order valence-electron chi connectivity index (χ0n) is 10.7. The number of urea groups is 1. The summed E-state index contributed by atoms with van der Waals surface area (Å²) in [6.07, 6.45) is -3.63. The summed E-state index contributed by atoms with van der Waals surface area (Å²) in [7, 11) is 0. The molecule has 0 radical (unpaired) electrons. The van der Waals surface area contributed by atoms with Crippen molar-refractivity contribution in [2.24, 2.45) is 0 Å². The van der Waals surface area contributed by atoms with E-state index in [0.717, 1.165) is 0 Å². The maximum absolute atomic E-state index is 12.9. The van der Waals surface area contributed by atoms with Crippen molar-refractivity contribution in [1.82, 2.24) is 15.2 Å². The normalized spacial score (nSPS) is 22.1. The van der Waals surface area contributed by atoms with Gasteiger partial charge in [-0.1, -0.05) is 0 Å². The standard InChI is InChI=1S/C12H9F3N4O2/c1-11(12(13,14)15)9(20)19(10(21)18-11)6-7-2-3-17-8(4-7)5-16/h2-4H,6H2,1H3,(H,18,21). The summed E-state index contributed by atoms with van der Waals surface area (Å²) < 4.78 is 38.7. The lowest BCUT2D eigenvalue weighted by Gasteiger charge is -2.24. The van der Waals surface area contributed by atoms with Gasteiger partial charge in [-0.15, -0.1) is 0 Å². The van der Waals surface area contributed by atoms with Crippen LogP contribution < -0.4 is 5.32 Å². The fourth-order valence-electron chi connectivity index (χ4n) is 1.85. The topological polar surface area (TPSA) is 86.1 Å². The predicted octanol–water partition coefficient (Wildman–Crippen LogP) is 1.33. The molecule has 1 atom stereocenters. The first-order chi connectivity index (χ1) is 9.69. The van der Waals surface area contributed by atoms with E-state index in [-0.39, 0.29) is 12.2 Å². The second-order valence-corrected chi connectivity index (χ2v) is 4.61. The summed E-state index contributed by atoms with van der Waals surface area (Å²) in [6, 6.07) is 3.33. The maximum atomic E-state index is 12.9. The number of nitriles is 1. The average molecular weight is 298 g/mol. The van der Waals surface area contributed by atoms with Crippen molar-refractivity contribution in [2.75, 3.05) is 0 Å². The van der Waals surface area contributed by atoms with E-state index in [1.807, 2.05) is 0 Å². The van der Waals surface area contributed by atoms with Crippen LogP contribution in [0.1, 0.15) is 18.2 Å². The highest BCUT2D eigenvalue weighted by molar-refractivity contribution is 6.07. The molecule has 2 rings (SSSR count). The Hall–Kier alpha value is -2.63. The molecule has 1 aromatic heterocycles. The van der Waals surface area contributed by atoms with Gasteiger partial charge in [0.2, 0.25) is 5.54 Å². The number of amides is 3. The molecule has 9 heteroatoms. The van der Waals surface area contributed by atoms with Gasteiger partial charge >= 0.3 is 12.2 Å². The highest BCUT2D eigenvalue weighted by Gasteiger charge is 2.64. The zero-order chi connectivity index (χ0) is 15.8. The van der Waals surface area contributed by atoms with Gasteiger partial charge in [0.05, 0.1) is 6.54 Å². The Morgan fingerprint density at radius 2 is 2.14 bits per heavy atom. The molecule has 0 spiro atoms. The number of aromatic nitrogens is 1. The molecule has 3 amide bonds. The Balaban J connectivity index is 2.28. The Labute approximate surface area is 117 Å². The Morgan fingerprint density at radius 1 is 1.48 bits per heavy atom. The molecule has 1 N–H and O–H groups in total. The van der Waals surface area contributed by atoms with Crippen molar-refractivity contribution in [3.63, 3.8) is 0 Å². The summed E-state index contributed by atoms with van der Waals surface area (Å²) in [6.45, 7) is 0.244. The zero-order valence-corrected chi connectivity index (χ0v) is 10.7. The number of nitrogens with one attached hydrogen (secondary N) is 1. The van der Waals surface area contributed by atoms with Crippen LogP contribution in [0.25, 0.3) is 0 Å². The van der Waals surface area contributed by atoms with E-state index in [4.69, 9.17) is 5.26 Å². The number of pyridine rings is 1. The van der Waals surface area contributed by atoms with Crippen LogP contribution in [-0.2, 0) is 11.3 Å². The van der Waals surface area contributed by atoms with Crippen LogP contribution >= 0.6 is 0 Å². The number of carbonyl (C=O) groups is 2. The molecule has 1 aromatic rings. The third-order valence-electron chi connectivity index (χ3n) is 3.12. The second kappa shape index (κ2) is 4.73. The van der Waals surface area contributed by atoms with Gasteiger partial charge in [-0.2, -0.15) is 18.4 Å². The highest BCUT2D eigenvalue weighted by atomic mass is 19.4. The van der Waals surface area contributed by atoms with Gasteiger partial charge in [0, 0.05) is 6.20 Å². The molecular formula is C12H9F3N4O2. The molecule has 110 valence electrons. The molecule has 0 saturated carbocycles. The Morgan fingerprint density at radius 3 is 2.67 bits per heavy atom. The van der Waals surface area contributed by atoms with E-state index < -0.39 is 23.7 Å². The minimum atomic E-state index is -4.90. The van der Waals surface area contributed by atoms with Gasteiger partial charge in [-0.05, 0) is 24.6 Å². The first kappa shape index (κ1) is 14.8. The molecule has 1 saturated heterocycles. The molecule has 0 bridgehead atoms. The van der Waals surface area contributed by atoms with Gasteiger partial charge in [-0.25, -0.2) is 9.78 Å². The molecule has 1 fully saturated rings. The van der Waals surface area contributed by atoms with E-state index in [0.29, 0.717) is 17.4 Å². The predicted molar refractivity (Wildman–Crippen MR) is 62.5 cm³/mol. The number of rotatable bonds is 2. The number of alkyl halides is 3. The summed E-state index contributed by atoms with van der Waals surface area (Å²) >= 11 is 0. The van der Waals surface area contributed by atoms with Crippen LogP contribution in [-0.4, -0.2) is 33.5 Å². The van der Waals surface area contributed by atoms with Crippen molar-refractivity contribution in [1.29, 1.82) is 5.26 Å². The van der Waals surface area contributed by atoms with E-state index in [1.54, 1.807) is 11.4 Å². The fraction of sp³-hybridized carbons (Fsp3) is 0.333. The van der Waals surface area contributed by atoms with Gasteiger partial charge in [-0.3, -0.25) is 9.69 Å². The molecule has 1 aliphatic rings. The van der Waals surface area contributed by atoms with E-state index in [2.05, 4.69) is 4.98 Å². The SMILES string of the molecule is CC1(C(F)(F)F)NC(=O)N(Cc2ccnc(C#N)c2)C1=O. The number of hydrogen-bond donors (Lipinski definition) is 1. The van der Waals surface area contributed by atoms with E-state index in [1.165, 1.54) is 18.3 Å². The Kier molecular flexibility index (Phi) is 3.33. The molecular weight excluding hydrogens is 289 g/mol. The number of nitrogens with zero attached hydrogens (tertiary/aromatic N) is 3. The number of halogens is 3. The van der Waals surface area contributed by atoms with Crippen LogP contribution in [0.5, 0.6) is 0 Å². The minimum Gasteiger partial charge on any atom is -0.316 e. The molecule has 0 aromatic carbocycles. The number of carbonyl (C=O) groups excluding carboxylic acids is 2. The average Bonchev–Trinajstić information content (AvgIpc) is 2.63. The van der Waals surface area contributed by atoms with Gasteiger partial charge in [0.25, 0.3) is 5.91 Å². The van der Waals surface area contributed by atoms with Crippen LogP contribution in [0.15, 0.2) is 18.3 Å². The lowest BCUT2D eigenvalue weighted by Crippen LogP contribution is -2.56. The van der Waals surface area contributed by atoms with Crippen LogP contribution in [0.3, 0.4) is 0 Å². The molecule has 2 heterocycles. The third-order valence-corrected chi connectivity index (χ3v) is 3.12. The Bertz CT molecular complexity index is 653. The van der Waals surface area contributed by atoms with Gasteiger partial charge in [0.15, 0.2) is 0 Å². The van der Waals surface area contributed by atoms with Gasteiger partial charge < -0.3 is 5.32 Å². The van der Waals surface area contributed by atoms with E-state index in [9.17, 15) is 22.8 Å². The van der Waals surface area contributed by atoms with Crippen LogP contribution in [0.2, 0.25) is 0 Å². The quantitative estimate of drug-likeness (QED) is 0.834. The first-order valence-corrected chi connectivity index (χ1v) is 5.75. The number of imide groups is 1. The smallest absolute Gasteiger partial charge is 0.316 e. The first-order valence-electron chi connectivity index (χ1n) is 5.75. The maximum Gasteiger partial charge on any atom is 0.420 e. The minimum absolute atomic E-state index is 0.0399. The lowest BCUT2D eigenvalue weighted by atomic mass is 10.0. The molecule has 21 heavy (non-hydrogen) atoms. The summed E-state index contributed by atoms with van der Waals surface area (Å²) in [5, 5.41) is 10.3. The van der Waals surface area contributed by atoms with Crippen molar-refractivity contribution in [3.05, 3.63) is 29.6 Å².